The molecule has 132 valence electrons. The average molecular weight is 332 g/mol. The molecule has 1 N–H and O–H groups in total. The minimum Gasteiger partial charge on any atom is -0.484 e. The number of carbonyl (C=O) groups is 2. The third kappa shape index (κ3) is 5.25. The van der Waals surface area contributed by atoms with Gasteiger partial charge in [0.05, 0.1) is 0 Å². The Bertz CT molecular complexity index is 521. The Morgan fingerprint density at radius 2 is 1.79 bits per heavy atom. The maximum atomic E-state index is 12.4. The quantitative estimate of drug-likeness (QED) is 0.835. The van der Waals surface area contributed by atoms with Crippen molar-refractivity contribution in [3.63, 3.8) is 0 Å². The van der Waals surface area contributed by atoms with Crippen molar-refractivity contribution in [2.75, 3.05) is 19.7 Å². The largest absolute Gasteiger partial charge is 0.484 e. The standard InChI is InChI=1S/C19H28N2O3/c1-3-15(4-2)19(23)21-12-10-16(11-13-21)20-18(22)14-24-17-8-6-5-7-9-17/h5-9,15-16H,3-4,10-14H2,1-2H3,(H,20,22). The summed E-state index contributed by atoms with van der Waals surface area (Å²) in [6.45, 7) is 5.59. The number of piperidine rings is 1. The van der Waals surface area contributed by atoms with Gasteiger partial charge >= 0.3 is 0 Å². The first-order valence-corrected chi connectivity index (χ1v) is 8.90. The molecule has 0 atom stereocenters. The molecular weight excluding hydrogens is 304 g/mol. The van der Waals surface area contributed by atoms with Gasteiger partial charge in [0.2, 0.25) is 5.91 Å². The summed E-state index contributed by atoms with van der Waals surface area (Å²) in [5.74, 6) is 0.981. The molecule has 1 aromatic rings. The molecule has 2 rings (SSSR count). The van der Waals surface area contributed by atoms with Crippen molar-refractivity contribution in [3.05, 3.63) is 30.3 Å². The number of carbonyl (C=O) groups excluding carboxylic acids is 2. The Hall–Kier alpha value is -2.04. The molecule has 1 heterocycles. The first-order chi connectivity index (χ1) is 11.6. The summed E-state index contributed by atoms with van der Waals surface area (Å²) in [4.78, 5) is 26.3. The molecule has 0 unspecified atom stereocenters. The number of nitrogens with zero attached hydrogens (tertiary/aromatic N) is 1. The molecule has 1 aromatic carbocycles. The third-order valence-electron chi connectivity index (χ3n) is 4.62. The van der Waals surface area contributed by atoms with Gasteiger partial charge in [0, 0.05) is 25.0 Å². The van der Waals surface area contributed by atoms with Gasteiger partial charge in [0.15, 0.2) is 6.61 Å². The zero-order valence-electron chi connectivity index (χ0n) is 14.7. The van der Waals surface area contributed by atoms with E-state index in [0.29, 0.717) is 5.75 Å². The highest BCUT2D eigenvalue weighted by atomic mass is 16.5. The van der Waals surface area contributed by atoms with E-state index in [0.717, 1.165) is 38.8 Å². The maximum absolute atomic E-state index is 12.4. The second-order valence-corrected chi connectivity index (χ2v) is 6.28. The van der Waals surface area contributed by atoms with E-state index in [-0.39, 0.29) is 30.4 Å². The highest BCUT2D eigenvalue weighted by Gasteiger charge is 2.27. The molecule has 0 aliphatic carbocycles. The van der Waals surface area contributed by atoms with E-state index in [4.69, 9.17) is 4.74 Å². The molecular formula is C19H28N2O3. The van der Waals surface area contributed by atoms with Gasteiger partial charge in [-0.2, -0.15) is 0 Å². The van der Waals surface area contributed by atoms with E-state index < -0.39 is 0 Å². The van der Waals surface area contributed by atoms with Crippen LogP contribution in [0.1, 0.15) is 39.5 Å². The van der Waals surface area contributed by atoms with Crippen molar-refractivity contribution in [2.24, 2.45) is 5.92 Å². The SMILES string of the molecule is CCC(CC)C(=O)N1CCC(NC(=O)COc2ccccc2)CC1. The molecule has 0 spiro atoms. The number of hydrogen-bond acceptors (Lipinski definition) is 3. The summed E-state index contributed by atoms with van der Waals surface area (Å²) >= 11 is 0. The number of benzene rings is 1. The van der Waals surface area contributed by atoms with Gasteiger partial charge in [-0.05, 0) is 37.8 Å². The van der Waals surface area contributed by atoms with Crippen LogP contribution in [0.5, 0.6) is 5.75 Å². The summed E-state index contributed by atoms with van der Waals surface area (Å²) in [6.07, 6.45) is 3.40. The van der Waals surface area contributed by atoms with E-state index in [2.05, 4.69) is 19.2 Å². The lowest BCUT2D eigenvalue weighted by molar-refractivity contribution is -0.137. The monoisotopic (exact) mass is 332 g/mol. The molecule has 0 radical (unpaired) electrons. The molecule has 1 fully saturated rings. The minimum absolute atomic E-state index is 0.0247. The zero-order chi connectivity index (χ0) is 17.4. The van der Waals surface area contributed by atoms with Crippen LogP contribution in [0, 0.1) is 5.92 Å². The van der Waals surface area contributed by atoms with Crippen LogP contribution in [0.2, 0.25) is 0 Å². The Labute approximate surface area is 144 Å². The number of rotatable bonds is 7. The predicted octanol–water partition coefficient (Wildman–Crippen LogP) is 2.61. The predicted molar refractivity (Wildman–Crippen MR) is 93.8 cm³/mol. The van der Waals surface area contributed by atoms with Gasteiger partial charge in [0.25, 0.3) is 5.91 Å². The molecule has 5 nitrogen and oxygen atoms in total. The fraction of sp³-hybridized carbons (Fsp3) is 0.579. The Morgan fingerprint density at radius 3 is 2.38 bits per heavy atom. The fourth-order valence-electron chi connectivity index (χ4n) is 3.08. The number of hydrogen-bond donors (Lipinski definition) is 1. The maximum Gasteiger partial charge on any atom is 0.258 e. The van der Waals surface area contributed by atoms with Crippen molar-refractivity contribution in [1.82, 2.24) is 10.2 Å². The lowest BCUT2D eigenvalue weighted by Gasteiger charge is -2.34. The van der Waals surface area contributed by atoms with Crippen LogP contribution in [0.25, 0.3) is 0 Å². The molecule has 0 aromatic heterocycles. The Kier molecular flexibility index (Phi) is 7.09. The van der Waals surface area contributed by atoms with E-state index in [1.807, 2.05) is 35.2 Å². The van der Waals surface area contributed by atoms with Gasteiger partial charge in [-0.25, -0.2) is 0 Å². The number of likely N-dealkylation sites (tertiary alicyclic amines) is 1. The van der Waals surface area contributed by atoms with Crippen molar-refractivity contribution >= 4 is 11.8 Å². The lowest BCUT2D eigenvalue weighted by atomic mass is 9.98. The van der Waals surface area contributed by atoms with Crippen molar-refractivity contribution in [1.29, 1.82) is 0 Å². The topological polar surface area (TPSA) is 58.6 Å². The summed E-state index contributed by atoms with van der Waals surface area (Å²) in [5.41, 5.74) is 0. The molecule has 2 amide bonds. The van der Waals surface area contributed by atoms with Crippen molar-refractivity contribution in [3.8, 4) is 5.75 Å². The van der Waals surface area contributed by atoms with Crippen LogP contribution >= 0.6 is 0 Å². The zero-order valence-corrected chi connectivity index (χ0v) is 14.7. The molecule has 1 aliphatic rings. The molecule has 1 saturated heterocycles. The van der Waals surface area contributed by atoms with Crippen molar-refractivity contribution in [2.45, 2.75) is 45.6 Å². The van der Waals surface area contributed by atoms with E-state index >= 15 is 0 Å². The van der Waals surface area contributed by atoms with Crippen LogP contribution in [0.4, 0.5) is 0 Å². The molecule has 5 heteroatoms. The summed E-state index contributed by atoms with van der Waals surface area (Å²) < 4.78 is 5.45. The Morgan fingerprint density at radius 1 is 1.17 bits per heavy atom. The van der Waals surface area contributed by atoms with E-state index in [9.17, 15) is 9.59 Å². The molecule has 0 bridgehead atoms. The highest BCUT2D eigenvalue weighted by molar-refractivity contribution is 5.79. The van der Waals surface area contributed by atoms with Crippen LogP contribution in [0.3, 0.4) is 0 Å². The second kappa shape index (κ2) is 9.30. The number of ether oxygens (including phenoxy) is 1. The third-order valence-corrected chi connectivity index (χ3v) is 4.62. The normalized spacial score (nSPS) is 15.4. The first-order valence-electron chi connectivity index (χ1n) is 8.90. The van der Waals surface area contributed by atoms with Gasteiger partial charge in [-0.3, -0.25) is 9.59 Å². The molecule has 0 saturated carbocycles. The summed E-state index contributed by atoms with van der Waals surface area (Å²) in [6, 6.07) is 9.44. The van der Waals surface area contributed by atoms with Gasteiger partial charge in [-0.1, -0.05) is 32.0 Å². The smallest absolute Gasteiger partial charge is 0.258 e. The highest BCUT2D eigenvalue weighted by Crippen LogP contribution is 2.17. The molecule has 1 aliphatic heterocycles. The number of nitrogens with one attached hydrogen (secondary N) is 1. The minimum atomic E-state index is -0.108. The van der Waals surface area contributed by atoms with E-state index in [1.54, 1.807) is 0 Å². The second-order valence-electron chi connectivity index (χ2n) is 6.28. The van der Waals surface area contributed by atoms with Crippen LogP contribution < -0.4 is 10.1 Å². The fourth-order valence-corrected chi connectivity index (χ4v) is 3.08. The number of para-hydroxylation sites is 1. The van der Waals surface area contributed by atoms with Crippen LogP contribution in [-0.2, 0) is 9.59 Å². The first kappa shape index (κ1) is 18.3. The average Bonchev–Trinajstić information content (AvgIpc) is 2.62. The van der Waals surface area contributed by atoms with Gasteiger partial charge in [-0.15, -0.1) is 0 Å². The Balaban J connectivity index is 1.70. The van der Waals surface area contributed by atoms with Crippen LogP contribution in [-0.4, -0.2) is 42.5 Å². The summed E-state index contributed by atoms with van der Waals surface area (Å²) in [7, 11) is 0. The lowest BCUT2D eigenvalue weighted by Crippen LogP contribution is -2.48. The molecule has 24 heavy (non-hydrogen) atoms. The van der Waals surface area contributed by atoms with Crippen LogP contribution in [0.15, 0.2) is 30.3 Å². The summed E-state index contributed by atoms with van der Waals surface area (Å²) in [5, 5.41) is 3.00. The van der Waals surface area contributed by atoms with E-state index in [1.165, 1.54) is 0 Å². The number of amides is 2. The van der Waals surface area contributed by atoms with Crippen molar-refractivity contribution < 1.29 is 14.3 Å². The van der Waals surface area contributed by atoms with Gasteiger partial charge in [0.1, 0.15) is 5.75 Å². The van der Waals surface area contributed by atoms with Gasteiger partial charge < -0.3 is 15.0 Å².